The number of hydrogen-bond donors (Lipinski definition) is 1. The molecule has 3 nitrogen and oxygen atoms in total. The van der Waals surface area contributed by atoms with Crippen molar-refractivity contribution in [3.05, 3.63) is 0 Å². The zero-order valence-electron chi connectivity index (χ0n) is 12.0. The molecule has 0 aromatic carbocycles. The van der Waals surface area contributed by atoms with Crippen molar-refractivity contribution in [2.75, 3.05) is 13.1 Å². The number of likely N-dealkylation sites (tertiary alicyclic amines) is 1. The summed E-state index contributed by atoms with van der Waals surface area (Å²) in [4.78, 5) is 14.4. The van der Waals surface area contributed by atoms with E-state index in [1.165, 1.54) is 25.7 Å². The van der Waals surface area contributed by atoms with Gasteiger partial charge in [0.15, 0.2) is 0 Å². The average molecular weight is 252 g/mol. The van der Waals surface area contributed by atoms with E-state index in [0.717, 1.165) is 25.9 Å². The highest BCUT2D eigenvalue weighted by atomic mass is 16.2. The van der Waals surface area contributed by atoms with E-state index in [2.05, 4.69) is 13.8 Å². The molecule has 104 valence electrons. The Balaban J connectivity index is 1.85. The van der Waals surface area contributed by atoms with Crippen LogP contribution in [0.15, 0.2) is 0 Å². The minimum absolute atomic E-state index is 0.203. The molecule has 0 spiro atoms. The van der Waals surface area contributed by atoms with Crippen molar-refractivity contribution in [3.8, 4) is 0 Å². The van der Waals surface area contributed by atoms with Crippen LogP contribution in [-0.2, 0) is 4.79 Å². The molecule has 0 bridgehead atoms. The Labute approximate surface area is 111 Å². The van der Waals surface area contributed by atoms with Gasteiger partial charge in [-0.15, -0.1) is 0 Å². The topological polar surface area (TPSA) is 46.3 Å². The number of amides is 1. The monoisotopic (exact) mass is 252 g/mol. The van der Waals surface area contributed by atoms with Crippen LogP contribution < -0.4 is 5.73 Å². The van der Waals surface area contributed by atoms with Crippen LogP contribution in [0.1, 0.15) is 58.8 Å². The molecule has 1 saturated carbocycles. The molecule has 0 aromatic heterocycles. The largest absolute Gasteiger partial charge is 0.342 e. The number of hydrogen-bond acceptors (Lipinski definition) is 2. The molecule has 1 unspecified atom stereocenters. The van der Waals surface area contributed by atoms with Crippen LogP contribution in [0.2, 0.25) is 0 Å². The van der Waals surface area contributed by atoms with Gasteiger partial charge in [0.2, 0.25) is 5.91 Å². The van der Waals surface area contributed by atoms with Gasteiger partial charge in [-0.25, -0.2) is 0 Å². The van der Waals surface area contributed by atoms with E-state index in [1.807, 2.05) is 4.90 Å². The van der Waals surface area contributed by atoms with Crippen molar-refractivity contribution in [2.24, 2.45) is 17.6 Å². The van der Waals surface area contributed by atoms with Crippen LogP contribution in [-0.4, -0.2) is 29.4 Å². The Morgan fingerprint density at radius 3 is 2.56 bits per heavy atom. The first-order valence-electron chi connectivity index (χ1n) is 7.57. The van der Waals surface area contributed by atoms with Gasteiger partial charge in [-0.1, -0.05) is 33.1 Å². The molecule has 1 amide bonds. The molecule has 0 aromatic rings. The Bertz CT molecular complexity index is 295. The van der Waals surface area contributed by atoms with Crippen LogP contribution in [0.4, 0.5) is 0 Å². The van der Waals surface area contributed by atoms with E-state index in [1.54, 1.807) is 0 Å². The number of nitrogens with two attached hydrogens (primary N) is 1. The third-order valence-corrected chi connectivity index (χ3v) is 4.87. The van der Waals surface area contributed by atoms with Crippen molar-refractivity contribution in [2.45, 2.75) is 64.3 Å². The molecule has 3 heteroatoms. The van der Waals surface area contributed by atoms with Gasteiger partial charge in [-0.2, -0.15) is 0 Å². The molecule has 1 saturated heterocycles. The third kappa shape index (κ3) is 3.25. The fraction of sp³-hybridized carbons (Fsp3) is 0.933. The number of nitrogens with zero attached hydrogens (tertiary/aromatic N) is 1. The van der Waals surface area contributed by atoms with Crippen molar-refractivity contribution in [3.63, 3.8) is 0 Å². The predicted octanol–water partition coefficient (Wildman–Crippen LogP) is 2.54. The molecule has 18 heavy (non-hydrogen) atoms. The molecule has 2 aliphatic rings. The number of rotatable bonds is 3. The minimum atomic E-state index is -0.203. The van der Waals surface area contributed by atoms with Crippen molar-refractivity contribution in [1.82, 2.24) is 4.90 Å². The first-order valence-corrected chi connectivity index (χ1v) is 7.57. The lowest BCUT2D eigenvalue weighted by Crippen LogP contribution is -2.46. The summed E-state index contributed by atoms with van der Waals surface area (Å²) in [5.41, 5.74) is 6.17. The molecule has 1 atom stereocenters. The number of carbonyl (C=O) groups is 1. The van der Waals surface area contributed by atoms with E-state index in [-0.39, 0.29) is 5.54 Å². The minimum Gasteiger partial charge on any atom is -0.342 e. The zero-order valence-corrected chi connectivity index (χ0v) is 12.0. The van der Waals surface area contributed by atoms with Crippen LogP contribution >= 0.6 is 0 Å². The SMILES string of the molecule is CC(C)C1CCN(C(=O)CC2(N)CCCCC2)C1. The molecule has 0 radical (unpaired) electrons. The van der Waals surface area contributed by atoms with Gasteiger partial charge in [0.05, 0.1) is 0 Å². The molecule has 2 N–H and O–H groups in total. The van der Waals surface area contributed by atoms with Gasteiger partial charge < -0.3 is 10.6 Å². The lowest BCUT2D eigenvalue weighted by Gasteiger charge is -2.34. The summed E-state index contributed by atoms with van der Waals surface area (Å²) in [6.07, 6.45) is 7.46. The van der Waals surface area contributed by atoms with Crippen molar-refractivity contribution < 1.29 is 4.79 Å². The molecular formula is C15H28N2O. The summed E-state index contributed by atoms with van der Waals surface area (Å²) in [7, 11) is 0. The Morgan fingerprint density at radius 2 is 2.00 bits per heavy atom. The van der Waals surface area contributed by atoms with Gasteiger partial charge >= 0.3 is 0 Å². The normalized spacial score (nSPS) is 27.8. The summed E-state index contributed by atoms with van der Waals surface area (Å²) in [5.74, 6) is 1.67. The zero-order chi connectivity index (χ0) is 13.2. The maximum atomic E-state index is 12.3. The van der Waals surface area contributed by atoms with Crippen LogP contribution in [0.3, 0.4) is 0 Å². The van der Waals surface area contributed by atoms with E-state index < -0.39 is 0 Å². The molecule has 1 aliphatic heterocycles. The van der Waals surface area contributed by atoms with Crippen molar-refractivity contribution >= 4 is 5.91 Å². The standard InChI is InChI=1S/C15H28N2O/c1-12(2)13-6-9-17(11-13)14(18)10-15(16)7-4-3-5-8-15/h12-13H,3-11,16H2,1-2H3. The van der Waals surface area contributed by atoms with Crippen LogP contribution in [0, 0.1) is 11.8 Å². The third-order valence-electron chi connectivity index (χ3n) is 4.87. The molecule has 2 fully saturated rings. The summed E-state index contributed by atoms with van der Waals surface area (Å²) < 4.78 is 0. The second kappa shape index (κ2) is 5.60. The fourth-order valence-electron chi connectivity index (χ4n) is 3.40. The predicted molar refractivity (Wildman–Crippen MR) is 74.1 cm³/mol. The van der Waals surface area contributed by atoms with Gasteiger partial charge in [-0.05, 0) is 31.1 Å². The highest BCUT2D eigenvalue weighted by Crippen LogP contribution is 2.31. The Kier molecular flexibility index (Phi) is 4.31. The van der Waals surface area contributed by atoms with Crippen LogP contribution in [0.5, 0.6) is 0 Å². The molecule has 1 aliphatic carbocycles. The highest BCUT2D eigenvalue weighted by molar-refractivity contribution is 5.77. The summed E-state index contributed by atoms with van der Waals surface area (Å²) in [6, 6.07) is 0. The van der Waals surface area contributed by atoms with Crippen LogP contribution in [0.25, 0.3) is 0 Å². The van der Waals surface area contributed by atoms with Gasteiger partial charge in [-0.3, -0.25) is 4.79 Å². The lowest BCUT2D eigenvalue weighted by molar-refractivity contribution is -0.131. The molecule has 2 rings (SSSR count). The maximum Gasteiger partial charge on any atom is 0.224 e. The Hall–Kier alpha value is -0.570. The highest BCUT2D eigenvalue weighted by Gasteiger charge is 2.34. The maximum absolute atomic E-state index is 12.3. The van der Waals surface area contributed by atoms with Gasteiger partial charge in [0, 0.05) is 25.0 Å². The van der Waals surface area contributed by atoms with E-state index in [0.29, 0.717) is 24.2 Å². The number of carbonyl (C=O) groups excluding carboxylic acids is 1. The molecular weight excluding hydrogens is 224 g/mol. The van der Waals surface area contributed by atoms with E-state index >= 15 is 0 Å². The smallest absolute Gasteiger partial charge is 0.224 e. The first-order chi connectivity index (χ1) is 8.50. The fourth-order valence-corrected chi connectivity index (χ4v) is 3.40. The lowest BCUT2D eigenvalue weighted by atomic mass is 9.80. The van der Waals surface area contributed by atoms with E-state index in [9.17, 15) is 4.79 Å². The molecule has 1 heterocycles. The Morgan fingerprint density at radius 1 is 1.33 bits per heavy atom. The summed E-state index contributed by atoms with van der Waals surface area (Å²) in [5, 5.41) is 0. The van der Waals surface area contributed by atoms with E-state index in [4.69, 9.17) is 5.73 Å². The average Bonchev–Trinajstić information content (AvgIpc) is 2.78. The quantitative estimate of drug-likeness (QED) is 0.839. The second-order valence-corrected chi connectivity index (χ2v) is 6.73. The van der Waals surface area contributed by atoms with Gasteiger partial charge in [0.25, 0.3) is 0 Å². The van der Waals surface area contributed by atoms with Gasteiger partial charge in [0.1, 0.15) is 0 Å². The summed E-state index contributed by atoms with van der Waals surface area (Å²) in [6.45, 7) is 6.40. The van der Waals surface area contributed by atoms with Crippen molar-refractivity contribution in [1.29, 1.82) is 0 Å². The first kappa shape index (κ1) is 13.9. The second-order valence-electron chi connectivity index (χ2n) is 6.73. The summed E-state index contributed by atoms with van der Waals surface area (Å²) >= 11 is 0.